The van der Waals surface area contributed by atoms with E-state index in [1.807, 2.05) is 18.2 Å². The maximum Gasteiger partial charge on any atom is 0.252 e. The fourth-order valence-corrected chi connectivity index (χ4v) is 1.95. The molecule has 0 radical (unpaired) electrons. The molecule has 2 rings (SSSR count). The van der Waals surface area contributed by atoms with E-state index in [0.29, 0.717) is 22.7 Å². The van der Waals surface area contributed by atoms with Crippen molar-refractivity contribution in [2.75, 3.05) is 6.54 Å². The lowest BCUT2D eigenvalue weighted by Crippen LogP contribution is -2.24. The van der Waals surface area contributed by atoms with E-state index in [9.17, 15) is 4.79 Å². The van der Waals surface area contributed by atoms with Gasteiger partial charge in [-0.15, -0.1) is 0 Å². The van der Waals surface area contributed by atoms with E-state index in [0.717, 1.165) is 5.56 Å². The molecule has 1 amide bonds. The maximum absolute atomic E-state index is 12.2. The molecule has 1 aromatic carbocycles. The second-order valence-corrected chi connectivity index (χ2v) is 4.61. The summed E-state index contributed by atoms with van der Waals surface area (Å²) in [6, 6.07) is 9.00. The summed E-state index contributed by atoms with van der Waals surface area (Å²) in [4.78, 5) is 16.2. The standard InChI is InChI=1S/C16H14ClN3O/c17-15-6-2-1-4-13(15)11-20-16(21)14-7-9-19-10-12(14)5-3-8-18/h1-2,4,6-7,9-10H,8,11,18H2,(H,20,21). The zero-order valence-electron chi connectivity index (χ0n) is 11.3. The summed E-state index contributed by atoms with van der Waals surface area (Å²) >= 11 is 6.06. The van der Waals surface area contributed by atoms with Crippen molar-refractivity contribution in [3.63, 3.8) is 0 Å². The number of amides is 1. The van der Waals surface area contributed by atoms with Gasteiger partial charge in [0, 0.05) is 24.0 Å². The van der Waals surface area contributed by atoms with Gasteiger partial charge in [-0.05, 0) is 17.7 Å². The second kappa shape index (κ2) is 7.44. The number of aromatic nitrogens is 1. The molecule has 106 valence electrons. The highest BCUT2D eigenvalue weighted by atomic mass is 35.5. The molecule has 1 aromatic heterocycles. The smallest absolute Gasteiger partial charge is 0.252 e. The molecule has 0 unspecified atom stereocenters. The predicted molar refractivity (Wildman–Crippen MR) is 82.8 cm³/mol. The van der Waals surface area contributed by atoms with Crippen molar-refractivity contribution in [3.8, 4) is 11.8 Å². The van der Waals surface area contributed by atoms with Crippen LogP contribution in [0.2, 0.25) is 5.02 Å². The number of hydrogen-bond donors (Lipinski definition) is 2. The van der Waals surface area contributed by atoms with Crippen molar-refractivity contribution in [3.05, 3.63) is 64.4 Å². The van der Waals surface area contributed by atoms with Crippen LogP contribution in [0.5, 0.6) is 0 Å². The SMILES string of the molecule is NCC#Cc1cnccc1C(=O)NCc1ccccc1Cl. The fraction of sp³-hybridized carbons (Fsp3) is 0.125. The number of benzene rings is 1. The lowest BCUT2D eigenvalue weighted by atomic mass is 10.1. The Morgan fingerprint density at radius 2 is 2.14 bits per heavy atom. The van der Waals surface area contributed by atoms with E-state index in [1.165, 1.54) is 0 Å². The number of rotatable bonds is 3. The van der Waals surface area contributed by atoms with Gasteiger partial charge < -0.3 is 11.1 Å². The Labute approximate surface area is 128 Å². The third-order valence-corrected chi connectivity index (χ3v) is 3.16. The van der Waals surface area contributed by atoms with Gasteiger partial charge in [0.25, 0.3) is 5.91 Å². The summed E-state index contributed by atoms with van der Waals surface area (Å²) in [7, 11) is 0. The van der Waals surface area contributed by atoms with E-state index in [4.69, 9.17) is 17.3 Å². The van der Waals surface area contributed by atoms with Crippen LogP contribution in [0, 0.1) is 11.8 Å². The maximum atomic E-state index is 12.2. The van der Waals surface area contributed by atoms with Crippen molar-refractivity contribution < 1.29 is 4.79 Å². The van der Waals surface area contributed by atoms with Crippen molar-refractivity contribution in [1.82, 2.24) is 10.3 Å². The molecule has 2 aromatic rings. The van der Waals surface area contributed by atoms with Crippen molar-refractivity contribution >= 4 is 17.5 Å². The van der Waals surface area contributed by atoms with Crippen molar-refractivity contribution in [1.29, 1.82) is 0 Å². The zero-order valence-corrected chi connectivity index (χ0v) is 12.0. The molecule has 0 aliphatic rings. The Balaban J connectivity index is 2.12. The molecule has 5 heteroatoms. The molecular weight excluding hydrogens is 286 g/mol. The summed E-state index contributed by atoms with van der Waals surface area (Å²) in [5, 5.41) is 3.44. The largest absolute Gasteiger partial charge is 0.348 e. The number of carbonyl (C=O) groups excluding carboxylic acids is 1. The quantitative estimate of drug-likeness (QED) is 0.852. The van der Waals surface area contributed by atoms with Gasteiger partial charge in [-0.2, -0.15) is 0 Å². The van der Waals surface area contributed by atoms with Gasteiger partial charge in [0.05, 0.1) is 17.7 Å². The number of nitrogens with one attached hydrogen (secondary N) is 1. The fourth-order valence-electron chi connectivity index (χ4n) is 1.75. The van der Waals surface area contributed by atoms with Crippen LogP contribution in [0.25, 0.3) is 0 Å². The predicted octanol–water partition coefficient (Wildman–Crippen LogP) is 1.98. The molecule has 4 nitrogen and oxygen atoms in total. The lowest BCUT2D eigenvalue weighted by Gasteiger charge is -2.08. The minimum absolute atomic E-state index is 0.223. The molecule has 0 spiro atoms. The van der Waals surface area contributed by atoms with E-state index in [1.54, 1.807) is 24.5 Å². The Morgan fingerprint density at radius 3 is 2.90 bits per heavy atom. The first-order valence-electron chi connectivity index (χ1n) is 6.37. The third-order valence-electron chi connectivity index (χ3n) is 2.79. The van der Waals surface area contributed by atoms with Crippen LogP contribution in [0.15, 0.2) is 42.7 Å². The number of nitrogens with two attached hydrogens (primary N) is 1. The van der Waals surface area contributed by atoms with Gasteiger partial charge in [-0.25, -0.2) is 0 Å². The van der Waals surface area contributed by atoms with Crippen LogP contribution in [-0.4, -0.2) is 17.4 Å². The molecule has 0 fully saturated rings. The highest BCUT2D eigenvalue weighted by molar-refractivity contribution is 6.31. The highest BCUT2D eigenvalue weighted by Gasteiger charge is 2.10. The van der Waals surface area contributed by atoms with E-state index in [-0.39, 0.29) is 12.5 Å². The Hall–Kier alpha value is -2.35. The zero-order chi connectivity index (χ0) is 15.1. The number of halogens is 1. The number of hydrogen-bond acceptors (Lipinski definition) is 3. The van der Waals surface area contributed by atoms with Gasteiger partial charge >= 0.3 is 0 Å². The lowest BCUT2D eigenvalue weighted by molar-refractivity contribution is 0.0950. The van der Waals surface area contributed by atoms with Gasteiger partial charge in [-0.3, -0.25) is 9.78 Å². The number of carbonyl (C=O) groups is 1. The van der Waals surface area contributed by atoms with Crippen LogP contribution < -0.4 is 11.1 Å². The first-order valence-corrected chi connectivity index (χ1v) is 6.74. The van der Waals surface area contributed by atoms with Crippen LogP contribution in [-0.2, 0) is 6.54 Å². The molecule has 0 atom stereocenters. The van der Waals surface area contributed by atoms with Gasteiger partial charge in [-0.1, -0.05) is 41.6 Å². The van der Waals surface area contributed by atoms with Crippen molar-refractivity contribution in [2.24, 2.45) is 5.73 Å². The summed E-state index contributed by atoms with van der Waals surface area (Å²) < 4.78 is 0. The second-order valence-electron chi connectivity index (χ2n) is 4.20. The third kappa shape index (κ3) is 4.06. The van der Waals surface area contributed by atoms with Crippen LogP contribution in [0.1, 0.15) is 21.5 Å². The molecule has 0 saturated heterocycles. The minimum Gasteiger partial charge on any atom is -0.348 e. The number of pyridine rings is 1. The normalized spacial score (nSPS) is 9.62. The molecule has 0 aliphatic heterocycles. The van der Waals surface area contributed by atoms with E-state index in [2.05, 4.69) is 22.1 Å². The summed E-state index contributed by atoms with van der Waals surface area (Å²) in [5.74, 6) is 5.33. The van der Waals surface area contributed by atoms with Gasteiger partial charge in [0.1, 0.15) is 0 Å². The first kappa shape index (κ1) is 15.0. The molecule has 3 N–H and O–H groups in total. The molecule has 0 saturated carbocycles. The van der Waals surface area contributed by atoms with Crippen LogP contribution in [0.3, 0.4) is 0 Å². The minimum atomic E-state index is -0.223. The van der Waals surface area contributed by atoms with E-state index < -0.39 is 0 Å². The van der Waals surface area contributed by atoms with Crippen LogP contribution in [0.4, 0.5) is 0 Å². The van der Waals surface area contributed by atoms with Crippen LogP contribution >= 0.6 is 11.6 Å². The Bertz CT molecular complexity index is 704. The summed E-state index contributed by atoms with van der Waals surface area (Å²) in [6.07, 6.45) is 3.10. The summed E-state index contributed by atoms with van der Waals surface area (Å²) in [6.45, 7) is 0.583. The average molecular weight is 300 g/mol. The van der Waals surface area contributed by atoms with Gasteiger partial charge in [0.15, 0.2) is 0 Å². The topological polar surface area (TPSA) is 68.0 Å². The van der Waals surface area contributed by atoms with E-state index >= 15 is 0 Å². The monoisotopic (exact) mass is 299 g/mol. The molecule has 0 aliphatic carbocycles. The average Bonchev–Trinajstić information content (AvgIpc) is 2.52. The first-order chi connectivity index (χ1) is 10.2. The molecule has 0 bridgehead atoms. The highest BCUT2D eigenvalue weighted by Crippen LogP contribution is 2.14. The van der Waals surface area contributed by atoms with Gasteiger partial charge in [0.2, 0.25) is 0 Å². The molecule has 21 heavy (non-hydrogen) atoms. The Kier molecular flexibility index (Phi) is 5.33. The number of nitrogens with zero attached hydrogens (tertiary/aromatic N) is 1. The molecule has 1 heterocycles. The van der Waals surface area contributed by atoms with Crippen molar-refractivity contribution in [2.45, 2.75) is 6.54 Å². The summed E-state index contributed by atoms with van der Waals surface area (Å²) in [5.41, 5.74) is 7.23. The molecular formula is C16H14ClN3O. The Morgan fingerprint density at radius 1 is 1.33 bits per heavy atom.